The van der Waals surface area contributed by atoms with Crippen molar-refractivity contribution in [2.45, 2.75) is 38.6 Å². The van der Waals surface area contributed by atoms with Crippen LogP contribution in [0.5, 0.6) is 0 Å². The summed E-state index contributed by atoms with van der Waals surface area (Å²) in [5, 5.41) is 0.819. The summed E-state index contributed by atoms with van der Waals surface area (Å²) in [5.41, 5.74) is 7.74. The maximum absolute atomic E-state index is 6.20. The molecule has 0 bridgehead atoms. The van der Waals surface area contributed by atoms with Crippen molar-refractivity contribution in [2.75, 3.05) is 19.3 Å². The summed E-state index contributed by atoms with van der Waals surface area (Å²) in [6.07, 6.45) is 6.99. The molecule has 0 unspecified atom stereocenters. The summed E-state index contributed by atoms with van der Waals surface area (Å²) < 4.78 is 0. The van der Waals surface area contributed by atoms with Crippen LogP contribution < -0.4 is 5.73 Å². The monoisotopic (exact) mass is 266 g/mol. The lowest BCUT2D eigenvalue weighted by atomic mass is 9.89. The molecule has 0 amide bonds. The SMILES string of the molecule is CN(Cc1cc(N)ccc1Cl)CC1CCCCC1. The van der Waals surface area contributed by atoms with Crippen molar-refractivity contribution in [1.29, 1.82) is 0 Å². The van der Waals surface area contributed by atoms with Crippen LogP contribution in [0.2, 0.25) is 5.02 Å². The fourth-order valence-electron chi connectivity index (χ4n) is 2.88. The number of nitrogens with two attached hydrogens (primary N) is 1. The lowest BCUT2D eigenvalue weighted by Crippen LogP contribution is -2.26. The largest absolute Gasteiger partial charge is 0.399 e. The van der Waals surface area contributed by atoms with Gasteiger partial charge in [-0.05, 0) is 49.6 Å². The van der Waals surface area contributed by atoms with E-state index in [-0.39, 0.29) is 0 Å². The van der Waals surface area contributed by atoms with E-state index in [1.165, 1.54) is 38.6 Å². The molecule has 1 aromatic carbocycles. The number of hydrogen-bond acceptors (Lipinski definition) is 2. The van der Waals surface area contributed by atoms with Gasteiger partial charge in [0, 0.05) is 23.8 Å². The molecule has 0 aromatic heterocycles. The molecular weight excluding hydrogens is 244 g/mol. The molecule has 0 atom stereocenters. The molecule has 0 heterocycles. The van der Waals surface area contributed by atoms with E-state index in [0.717, 1.165) is 28.7 Å². The van der Waals surface area contributed by atoms with Gasteiger partial charge in [-0.15, -0.1) is 0 Å². The zero-order valence-electron chi connectivity index (χ0n) is 11.2. The molecule has 2 nitrogen and oxygen atoms in total. The summed E-state index contributed by atoms with van der Waals surface area (Å²) in [6, 6.07) is 5.73. The quantitative estimate of drug-likeness (QED) is 0.837. The Labute approximate surface area is 115 Å². The summed E-state index contributed by atoms with van der Waals surface area (Å²) >= 11 is 6.20. The van der Waals surface area contributed by atoms with Crippen LogP contribution >= 0.6 is 11.6 Å². The van der Waals surface area contributed by atoms with E-state index in [1.54, 1.807) is 0 Å². The second-order valence-corrected chi connectivity index (χ2v) is 5.96. The highest BCUT2D eigenvalue weighted by Crippen LogP contribution is 2.25. The van der Waals surface area contributed by atoms with Crippen LogP contribution in [0.1, 0.15) is 37.7 Å². The van der Waals surface area contributed by atoms with Crippen molar-refractivity contribution in [2.24, 2.45) is 5.92 Å². The van der Waals surface area contributed by atoms with Crippen LogP contribution in [-0.2, 0) is 6.54 Å². The summed E-state index contributed by atoms with van der Waals surface area (Å²) in [5.74, 6) is 0.864. The standard InChI is InChI=1S/C15H23ClN2/c1-18(10-12-5-3-2-4-6-12)11-13-9-14(17)7-8-15(13)16/h7-9,12H,2-6,10-11,17H2,1H3. The maximum atomic E-state index is 6.20. The van der Waals surface area contributed by atoms with Crippen molar-refractivity contribution < 1.29 is 0 Å². The first-order valence-corrected chi connectivity index (χ1v) is 7.25. The Morgan fingerprint density at radius 1 is 1.28 bits per heavy atom. The zero-order valence-corrected chi connectivity index (χ0v) is 11.9. The minimum absolute atomic E-state index is 0.792. The number of halogens is 1. The van der Waals surface area contributed by atoms with Crippen LogP contribution in [0, 0.1) is 5.92 Å². The number of benzene rings is 1. The minimum atomic E-state index is 0.792. The lowest BCUT2D eigenvalue weighted by Gasteiger charge is -2.27. The molecule has 3 heteroatoms. The van der Waals surface area contributed by atoms with Crippen LogP contribution in [0.25, 0.3) is 0 Å². The molecule has 2 N–H and O–H groups in total. The third-order valence-corrected chi connectivity index (χ3v) is 4.17. The molecule has 1 aliphatic rings. The number of nitrogen functional groups attached to an aromatic ring is 1. The molecule has 18 heavy (non-hydrogen) atoms. The molecular formula is C15H23ClN2. The lowest BCUT2D eigenvalue weighted by molar-refractivity contribution is 0.228. The van der Waals surface area contributed by atoms with Gasteiger partial charge in [-0.1, -0.05) is 30.9 Å². The Morgan fingerprint density at radius 3 is 2.72 bits per heavy atom. The second-order valence-electron chi connectivity index (χ2n) is 5.55. The first-order valence-electron chi connectivity index (χ1n) is 6.87. The van der Waals surface area contributed by atoms with E-state index in [9.17, 15) is 0 Å². The molecule has 0 saturated heterocycles. The average molecular weight is 267 g/mol. The third-order valence-electron chi connectivity index (χ3n) is 3.80. The Kier molecular flexibility index (Phi) is 4.90. The Bertz CT molecular complexity index is 386. The van der Waals surface area contributed by atoms with E-state index in [2.05, 4.69) is 11.9 Å². The first-order chi connectivity index (χ1) is 8.65. The molecule has 0 aliphatic heterocycles. The highest BCUT2D eigenvalue weighted by Gasteiger charge is 2.15. The molecule has 2 rings (SSSR count). The normalized spacial score (nSPS) is 17.3. The van der Waals surface area contributed by atoms with Crippen LogP contribution in [0.4, 0.5) is 5.69 Å². The second kappa shape index (κ2) is 6.44. The fourth-order valence-corrected chi connectivity index (χ4v) is 3.06. The van der Waals surface area contributed by atoms with Crippen molar-refractivity contribution in [3.05, 3.63) is 28.8 Å². The van der Waals surface area contributed by atoms with Crippen LogP contribution in [-0.4, -0.2) is 18.5 Å². The van der Waals surface area contributed by atoms with Gasteiger partial charge in [0.05, 0.1) is 0 Å². The van der Waals surface area contributed by atoms with Gasteiger partial charge in [0.25, 0.3) is 0 Å². The van der Waals surface area contributed by atoms with E-state index in [0.29, 0.717) is 0 Å². The highest BCUT2D eigenvalue weighted by molar-refractivity contribution is 6.31. The van der Waals surface area contributed by atoms with Gasteiger partial charge >= 0.3 is 0 Å². The molecule has 1 fully saturated rings. The van der Waals surface area contributed by atoms with Gasteiger partial charge in [0.2, 0.25) is 0 Å². The van der Waals surface area contributed by atoms with Gasteiger partial charge in [0.1, 0.15) is 0 Å². The average Bonchev–Trinajstić information content (AvgIpc) is 2.35. The molecule has 1 saturated carbocycles. The Hall–Kier alpha value is -0.730. The van der Waals surface area contributed by atoms with Crippen molar-refractivity contribution in [3.8, 4) is 0 Å². The first kappa shape index (κ1) is 13.7. The van der Waals surface area contributed by atoms with Crippen LogP contribution in [0.15, 0.2) is 18.2 Å². The highest BCUT2D eigenvalue weighted by atomic mass is 35.5. The smallest absolute Gasteiger partial charge is 0.0452 e. The number of anilines is 1. The van der Waals surface area contributed by atoms with E-state index >= 15 is 0 Å². The predicted octanol–water partition coefficient (Wildman–Crippen LogP) is 3.93. The topological polar surface area (TPSA) is 29.3 Å². The summed E-state index contributed by atoms with van der Waals surface area (Å²) in [6.45, 7) is 2.06. The molecule has 0 spiro atoms. The molecule has 100 valence electrons. The summed E-state index contributed by atoms with van der Waals surface area (Å²) in [4.78, 5) is 2.37. The van der Waals surface area contributed by atoms with Gasteiger partial charge in [-0.25, -0.2) is 0 Å². The van der Waals surface area contributed by atoms with Crippen LogP contribution in [0.3, 0.4) is 0 Å². The summed E-state index contributed by atoms with van der Waals surface area (Å²) in [7, 11) is 2.17. The van der Waals surface area contributed by atoms with E-state index in [4.69, 9.17) is 17.3 Å². The number of hydrogen-bond donors (Lipinski definition) is 1. The molecule has 1 aromatic rings. The maximum Gasteiger partial charge on any atom is 0.0452 e. The minimum Gasteiger partial charge on any atom is -0.399 e. The van der Waals surface area contributed by atoms with Crippen molar-refractivity contribution in [3.63, 3.8) is 0 Å². The van der Waals surface area contributed by atoms with Crippen molar-refractivity contribution in [1.82, 2.24) is 4.90 Å². The predicted molar refractivity (Wildman–Crippen MR) is 78.8 cm³/mol. The van der Waals surface area contributed by atoms with Gasteiger partial charge in [-0.3, -0.25) is 0 Å². The third kappa shape index (κ3) is 3.89. The van der Waals surface area contributed by atoms with E-state index < -0.39 is 0 Å². The van der Waals surface area contributed by atoms with Gasteiger partial charge in [-0.2, -0.15) is 0 Å². The molecule has 0 radical (unpaired) electrons. The molecule has 1 aliphatic carbocycles. The fraction of sp³-hybridized carbons (Fsp3) is 0.600. The van der Waals surface area contributed by atoms with Gasteiger partial charge in [0.15, 0.2) is 0 Å². The number of nitrogens with zero attached hydrogens (tertiary/aromatic N) is 1. The van der Waals surface area contributed by atoms with Crippen molar-refractivity contribution >= 4 is 17.3 Å². The Morgan fingerprint density at radius 2 is 2.00 bits per heavy atom. The number of rotatable bonds is 4. The van der Waals surface area contributed by atoms with E-state index in [1.807, 2.05) is 18.2 Å². The van der Waals surface area contributed by atoms with Gasteiger partial charge < -0.3 is 10.6 Å². The zero-order chi connectivity index (χ0) is 13.0. The Balaban J connectivity index is 1.89.